The summed E-state index contributed by atoms with van der Waals surface area (Å²) in [7, 11) is 1.64. The van der Waals surface area contributed by atoms with Gasteiger partial charge < -0.3 is 14.6 Å². The molecule has 0 saturated carbocycles. The van der Waals surface area contributed by atoms with Gasteiger partial charge in [-0.25, -0.2) is 9.97 Å². The number of pyridine rings is 1. The van der Waals surface area contributed by atoms with Crippen LogP contribution in [0.25, 0.3) is 10.2 Å². The summed E-state index contributed by atoms with van der Waals surface area (Å²) >= 11 is 3.16. The Hall–Kier alpha value is -1.83. The van der Waals surface area contributed by atoms with Crippen molar-refractivity contribution in [3.63, 3.8) is 0 Å². The number of ether oxygens (including phenoxy) is 2. The smallest absolute Gasteiger partial charge is 0.242 e. The number of fused-ring (bicyclic) bond motifs is 1. The fraction of sp³-hybridized carbons (Fsp3) is 0.333. The van der Waals surface area contributed by atoms with Crippen LogP contribution in [0.4, 0.5) is 0 Å². The van der Waals surface area contributed by atoms with Crippen molar-refractivity contribution in [3.8, 4) is 11.6 Å². The minimum atomic E-state index is -1.05. The van der Waals surface area contributed by atoms with E-state index in [-0.39, 0.29) is 0 Å². The number of benzene rings is 1. The highest BCUT2D eigenvalue weighted by Crippen LogP contribution is 2.35. The van der Waals surface area contributed by atoms with Gasteiger partial charge in [0.05, 0.1) is 17.5 Å². The average Bonchev–Trinajstić information content (AvgIpc) is 3.02. The first kappa shape index (κ1) is 18.0. The Bertz CT molecular complexity index is 870. The van der Waals surface area contributed by atoms with Gasteiger partial charge in [0, 0.05) is 0 Å². The Morgan fingerprint density at radius 2 is 1.92 bits per heavy atom. The molecule has 0 aliphatic heterocycles. The summed E-state index contributed by atoms with van der Waals surface area (Å²) in [4.78, 5) is 9.09. The van der Waals surface area contributed by atoms with E-state index in [4.69, 9.17) is 9.47 Å². The summed E-state index contributed by atoms with van der Waals surface area (Å²) in [6, 6.07) is 9.56. The fourth-order valence-corrected chi connectivity index (χ4v) is 3.77. The van der Waals surface area contributed by atoms with E-state index in [0.717, 1.165) is 25.9 Å². The highest BCUT2D eigenvalue weighted by atomic mass is 32.2. The minimum absolute atomic E-state index is 0.369. The van der Waals surface area contributed by atoms with Crippen molar-refractivity contribution in [2.75, 3.05) is 13.4 Å². The van der Waals surface area contributed by atoms with Gasteiger partial charge >= 0.3 is 0 Å². The predicted octanol–water partition coefficient (Wildman–Crippen LogP) is 4.23. The lowest BCUT2D eigenvalue weighted by Gasteiger charge is -2.17. The van der Waals surface area contributed by atoms with E-state index in [2.05, 4.69) is 9.97 Å². The van der Waals surface area contributed by atoms with Gasteiger partial charge in [0.1, 0.15) is 23.5 Å². The lowest BCUT2D eigenvalue weighted by Crippen LogP contribution is -2.17. The number of aromatic nitrogens is 2. The van der Waals surface area contributed by atoms with Crippen molar-refractivity contribution in [2.24, 2.45) is 0 Å². The number of methoxy groups -OCH3 is 1. The van der Waals surface area contributed by atoms with E-state index in [9.17, 15) is 5.11 Å². The van der Waals surface area contributed by atoms with Gasteiger partial charge in [-0.1, -0.05) is 23.9 Å². The van der Waals surface area contributed by atoms with Crippen LogP contribution >= 0.6 is 23.1 Å². The SMILES string of the molecule is COc1ccc(COc2nc(C(C)(C)O)cc3sc(SC)nc23)cc1. The number of aliphatic hydroxyl groups is 1. The second kappa shape index (κ2) is 7.19. The number of nitrogens with zero attached hydrogens (tertiary/aromatic N) is 2. The van der Waals surface area contributed by atoms with Crippen LogP contribution in [0, 0.1) is 0 Å². The van der Waals surface area contributed by atoms with Crippen LogP contribution in [0.1, 0.15) is 25.1 Å². The number of hydrogen-bond acceptors (Lipinski definition) is 7. The lowest BCUT2D eigenvalue weighted by atomic mass is 10.1. The Kier molecular flexibility index (Phi) is 5.17. The van der Waals surface area contributed by atoms with Gasteiger partial charge in [-0.2, -0.15) is 0 Å². The zero-order chi connectivity index (χ0) is 18.0. The van der Waals surface area contributed by atoms with Crippen molar-refractivity contribution in [3.05, 3.63) is 41.6 Å². The van der Waals surface area contributed by atoms with Gasteiger partial charge in [-0.05, 0) is 43.9 Å². The molecule has 0 spiro atoms. The molecule has 0 unspecified atom stereocenters. The van der Waals surface area contributed by atoms with E-state index in [1.165, 1.54) is 0 Å². The Morgan fingerprint density at radius 1 is 1.20 bits per heavy atom. The van der Waals surface area contributed by atoms with Crippen LogP contribution in [-0.2, 0) is 12.2 Å². The molecule has 0 radical (unpaired) electrons. The molecular weight excluding hydrogens is 356 g/mol. The minimum Gasteiger partial charge on any atom is -0.497 e. The standard InChI is InChI=1S/C18H20N2O3S2/c1-18(2,21)14-9-13-15(20-17(24-4)25-13)16(19-14)23-10-11-5-7-12(22-3)8-6-11/h5-9,21H,10H2,1-4H3. The second-order valence-electron chi connectivity index (χ2n) is 6.04. The Balaban J connectivity index is 1.93. The third-order valence-corrected chi connectivity index (χ3v) is 5.65. The number of thiazole rings is 1. The second-order valence-corrected chi connectivity index (χ2v) is 8.12. The van der Waals surface area contributed by atoms with Crippen LogP contribution in [0.3, 0.4) is 0 Å². The Labute approximate surface area is 155 Å². The molecule has 0 atom stereocenters. The molecule has 0 fully saturated rings. The first-order valence-electron chi connectivity index (χ1n) is 7.75. The van der Waals surface area contributed by atoms with Gasteiger partial charge in [-0.3, -0.25) is 0 Å². The van der Waals surface area contributed by atoms with Gasteiger partial charge in [0.15, 0.2) is 4.34 Å². The fourth-order valence-electron chi connectivity index (χ4n) is 2.26. The maximum atomic E-state index is 10.3. The lowest BCUT2D eigenvalue weighted by molar-refractivity contribution is 0.0731. The van der Waals surface area contributed by atoms with E-state index >= 15 is 0 Å². The molecule has 7 heteroatoms. The molecule has 0 bridgehead atoms. The van der Waals surface area contributed by atoms with Crippen molar-refractivity contribution in [1.82, 2.24) is 9.97 Å². The number of thioether (sulfide) groups is 1. The van der Waals surface area contributed by atoms with E-state index in [0.29, 0.717) is 18.2 Å². The molecule has 3 aromatic rings. The third-order valence-electron chi connectivity index (χ3n) is 3.66. The molecule has 0 saturated heterocycles. The highest BCUT2D eigenvalue weighted by Gasteiger charge is 2.22. The zero-order valence-corrected chi connectivity index (χ0v) is 16.2. The molecule has 2 aromatic heterocycles. The summed E-state index contributed by atoms with van der Waals surface area (Å²) in [5, 5.41) is 10.3. The van der Waals surface area contributed by atoms with Gasteiger partial charge in [-0.15, -0.1) is 11.3 Å². The van der Waals surface area contributed by atoms with Crippen molar-refractivity contribution in [2.45, 2.75) is 30.4 Å². The molecule has 132 valence electrons. The summed E-state index contributed by atoms with van der Waals surface area (Å²) in [5.41, 5.74) is 1.26. The molecule has 0 amide bonds. The van der Waals surface area contributed by atoms with Crippen molar-refractivity contribution >= 4 is 33.3 Å². The van der Waals surface area contributed by atoms with Crippen molar-refractivity contribution < 1.29 is 14.6 Å². The molecule has 5 nitrogen and oxygen atoms in total. The maximum absolute atomic E-state index is 10.3. The van der Waals surface area contributed by atoms with E-state index in [1.807, 2.05) is 36.6 Å². The Morgan fingerprint density at radius 3 is 2.52 bits per heavy atom. The summed E-state index contributed by atoms with van der Waals surface area (Å²) in [6.07, 6.45) is 1.99. The van der Waals surface area contributed by atoms with Crippen LogP contribution in [0.5, 0.6) is 11.6 Å². The van der Waals surface area contributed by atoms with Gasteiger partial charge in [0.25, 0.3) is 0 Å². The van der Waals surface area contributed by atoms with Crippen LogP contribution in [0.2, 0.25) is 0 Å². The molecule has 1 N–H and O–H groups in total. The average molecular weight is 377 g/mol. The molecule has 25 heavy (non-hydrogen) atoms. The third kappa shape index (κ3) is 4.05. The summed E-state index contributed by atoms with van der Waals surface area (Å²) < 4.78 is 13.0. The normalized spacial score (nSPS) is 11.7. The monoisotopic (exact) mass is 376 g/mol. The molecule has 1 aromatic carbocycles. The number of rotatable bonds is 6. The topological polar surface area (TPSA) is 64.5 Å². The summed E-state index contributed by atoms with van der Waals surface area (Å²) in [5.74, 6) is 1.25. The molecule has 2 heterocycles. The largest absolute Gasteiger partial charge is 0.497 e. The first-order chi connectivity index (χ1) is 11.9. The molecule has 0 aliphatic rings. The highest BCUT2D eigenvalue weighted by molar-refractivity contribution is 8.00. The van der Waals surface area contributed by atoms with Crippen molar-refractivity contribution in [1.29, 1.82) is 0 Å². The molecule has 3 rings (SSSR count). The van der Waals surface area contributed by atoms with Gasteiger partial charge in [0.2, 0.25) is 5.88 Å². The quantitative estimate of drug-likeness (QED) is 0.650. The van der Waals surface area contributed by atoms with E-state index < -0.39 is 5.60 Å². The summed E-state index contributed by atoms with van der Waals surface area (Å²) in [6.45, 7) is 3.80. The maximum Gasteiger partial charge on any atom is 0.242 e. The predicted molar refractivity (Wildman–Crippen MR) is 102 cm³/mol. The van der Waals surface area contributed by atoms with Crippen LogP contribution in [0.15, 0.2) is 34.7 Å². The van der Waals surface area contributed by atoms with E-state index in [1.54, 1.807) is 44.1 Å². The number of hydrogen-bond donors (Lipinski definition) is 1. The molecular formula is C18H20N2O3S2. The first-order valence-corrected chi connectivity index (χ1v) is 9.79. The molecule has 0 aliphatic carbocycles. The zero-order valence-electron chi connectivity index (χ0n) is 14.6. The van der Waals surface area contributed by atoms with Crippen LogP contribution in [-0.4, -0.2) is 28.4 Å². The van der Waals surface area contributed by atoms with Crippen LogP contribution < -0.4 is 9.47 Å².